The van der Waals surface area contributed by atoms with E-state index in [1.165, 1.54) is 6.07 Å². The number of pyridine rings is 1. The maximum atomic E-state index is 13.0. The number of amides is 1. The van der Waals surface area contributed by atoms with Crippen LogP contribution in [0.4, 0.5) is 18.9 Å². The molecule has 2 aliphatic heterocycles. The van der Waals surface area contributed by atoms with E-state index in [4.69, 9.17) is 10.5 Å². The number of nitrogens with zero attached hydrogens (tertiary/aromatic N) is 3. The number of carbonyl (C=O) groups excluding carboxylic acids is 1. The highest BCUT2D eigenvalue weighted by Crippen LogP contribution is 2.34. The number of anilines is 1. The molecular formula is C25H30ClF3N6O3. The predicted octanol–water partition coefficient (Wildman–Crippen LogP) is 4.32. The van der Waals surface area contributed by atoms with Gasteiger partial charge in [-0.15, -0.1) is 25.6 Å². The Morgan fingerprint density at radius 3 is 2.63 bits per heavy atom. The second kappa shape index (κ2) is 10.6. The average molecular weight is 555 g/mol. The first-order chi connectivity index (χ1) is 17.5. The van der Waals surface area contributed by atoms with Crippen molar-refractivity contribution in [3.8, 4) is 5.75 Å². The minimum atomic E-state index is -4.83. The molecule has 0 saturated carbocycles. The second-order valence-corrected chi connectivity index (χ2v) is 10.1. The van der Waals surface area contributed by atoms with Gasteiger partial charge in [0.15, 0.2) is 5.65 Å². The highest BCUT2D eigenvalue weighted by atomic mass is 35.5. The van der Waals surface area contributed by atoms with Gasteiger partial charge in [-0.05, 0) is 56.4 Å². The molecule has 0 spiro atoms. The van der Waals surface area contributed by atoms with Gasteiger partial charge < -0.3 is 30.4 Å². The number of carbonyl (C=O) groups is 1. The van der Waals surface area contributed by atoms with Crippen LogP contribution in [0.3, 0.4) is 0 Å². The summed E-state index contributed by atoms with van der Waals surface area (Å²) >= 11 is 0. The standard InChI is InChI=1S/C25H29F3N6O3.ClH/c1-24(2)13-30-12-19(37-24)21-32-20-16(5-8-31-22(20)33-21)14-6-9-34(10-7-14)23(35)17-4-3-15(11-18(17)29)36-25(26,27)28;/h3-5,8,11,14,19,30H,6-7,9-10,12-13,29H2,1-2H3,(H,31,32,33);1H/t19-;/m0./s1. The quantitative estimate of drug-likeness (QED) is 0.411. The Morgan fingerprint density at radius 1 is 1.24 bits per heavy atom. The number of fused-ring (bicyclic) bond motifs is 1. The van der Waals surface area contributed by atoms with Gasteiger partial charge in [-0.25, -0.2) is 9.97 Å². The Hall–Kier alpha value is -3.09. The summed E-state index contributed by atoms with van der Waals surface area (Å²) in [5.74, 6) is 0.141. The second-order valence-electron chi connectivity index (χ2n) is 10.1. The van der Waals surface area contributed by atoms with Crippen LogP contribution in [0.5, 0.6) is 5.75 Å². The topological polar surface area (TPSA) is 118 Å². The third-order valence-electron chi connectivity index (χ3n) is 6.80. The van der Waals surface area contributed by atoms with Crippen molar-refractivity contribution in [2.24, 2.45) is 0 Å². The molecule has 1 amide bonds. The number of morpholine rings is 1. The van der Waals surface area contributed by atoms with Gasteiger partial charge in [-0.3, -0.25) is 4.79 Å². The van der Waals surface area contributed by atoms with Crippen LogP contribution in [0.2, 0.25) is 0 Å². The van der Waals surface area contributed by atoms with Crippen LogP contribution < -0.4 is 15.8 Å². The van der Waals surface area contributed by atoms with Gasteiger partial charge in [0.1, 0.15) is 17.7 Å². The molecule has 9 nitrogen and oxygen atoms in total. The van der Waals surface area contributed by atoms with Crippen molar-refractivity contribution in [1.82, 2.24) is 25.2 Å². The molecule has 2 aliphatic rings. The number of hydrogen-bond donors (Lipinski definition) is 3. The Bertz CT molecular complexity index is 1310. The third kappa shape index (κ3) is 5.97. The fourth-order valence-corrected chi connectivity index (χ4v) is 5.06. The molecule has 5 rings (SSSR count). The number of rotatable bonds is 4. The number of ether oxygens (including phenoxy) is 2. The Labute approximate surface area is 223 Å². The number of halogens is 4. The van der Waals surface area contributed by atoms with Crippen LogP contribution in [-0.2, 0) is 4.74 Å². The summed E-state index contributed by atoms with van der Waals surface area (Å²) in [6.07, 6.45) is -1.87. The molecule has 0 unspecified atom stereocenters. The first-order valence-corrected chi connectivity index (χ1v) is 12.2. The molecule has 1 aromatic carbocycles. The molecule has 2 fully saturated rings. The van der Waals surface area contributed by atoms with E-state index in [1.807, 2.05) is 19.9 Å². The number of aromatic amines is 1. The zero-order valence-corrected chi connectivity index (χ0v) is 21.8. The number of hydrogen-bond acceptors (Lipinski definition) is 7. The molecule has 3 aromatic rings. The minimum absolute atomic E-state index is 0. The van der Waals surface area contributed by atoms with E-state index in [0.29, 0.717) is 38.1 Å². The summed E-state index contributed by atoms with van der Waals surface area (Å²) in [5, 5.41) is 3.38. The molecule has 2 saturated heterocycles. The molecule has 0 aliphatic carbocycles. The number of piperidine rings is 1. The molecule has 0 radical (unpaired) electrons. The molecule has 4 heterocycles. The van der Waals surface area contributed by atoms with Crippen molar-refractivity contribution in [1.29, 1.82) is 0 Å². The SMILES string of the molecule is CC1(C)CNC[C@@H](c2nc3nccc(C4CCN(C(=O)c5ccc(OC(F)(F)F)cc5N)CC4)c3[nH]2)O1.Cl. The first kappa shape index (κ1) is 27.9. The maximum Gasteiger partial charge on any atom is 0.573 e. The van der Waals surface area contributed by atoms with Crippen molar-refractivity contribution in [2.75, 3.05) is 31.9 Å². The van der Waals surface area contributed by atoms with Crippen molar-refractivity contribution in [3.63, 3.8) is 0 Å². The van der Waals surface area contributed by atoms with Gasteiger partial charge in [0, 0.05) is 44.1 Å². The van der Waals surface area contributed by atoms with Crippen LogP contribution in [0.25, 0.3) is 11.2 Å². The number of aromatic nitrogens is 3. The number of H-pyrrole nitrogens is 1. The molecular weight excluding hydrogens is 525 g/mol. The summed E-state index contributed by atoms with van der Waals surface area (Å²) in [6, 6.07) is 5.37. The van der Waals surface area contributed by atoms with Gasteiger partial charge >= 0.3 is 6.36 Å². The predicted molar refractivity (Wildman–Crippen MR) is 137 cm³/mol. The molecule has 1 atom stereocenters. The lowest BCUT2D eigenvalue weighted by Gasteiger charge is -2.35. The lowest BCUT2D eigenvalue weighted by Crippen LogP contribution is -2.47. The largest absolute Gasteiger partial charge is 0.573 e. The van der Waals surface area contributed by atoms with Crippen molar-refractivity contribution >= 4 is 35.2 Å². The fourth-order valence-electron chi connectivity index (χ4n) is 5.06. The summed E-state index contributed by atoms with van der Waals surface area (Å²) < 4.78 is 47.5. The van der Waals surface area contributed by atoms with Crippen molar-refractivity contribution in [2.45, 2.75) is 50.7 Å². The molecule has 13 heteroatoms. The Morgan fingerprint density at radius 2 is 1.97 bits per heavy atom. The molecule has 2 aromatic heterocycles. The van der Waals surface area contributed by atoms with Gasteiger partial charge in [-0.2, -0.15) is 0 Å². The number of likely N-dealkylation sites (tertiary alicyclic amines) is 1. The number of nitrogens with two attached hydrogens (primary N) is 1. The summed E-state index contributed by atoms with van der Waals surface area (Å²) in [4.78, 5) is 27.3. The number of benzene rings is 1. The van der Waals surface area contributed by atoms with Crippen LogP contribution in [-0.4, -0.2) is 63.9 Å². The lowest BCUT2D eigenvalue weighted by atomic mass is 9.89. The van der Waals surface area contributed by atoms with Crippen LogP contribution >= 0.6 is 12.4 Å². The Kier molecular flexibility index (Phi) is 7.78. The highest BCUT2D eigenvalue weighted by Gasteiger charge is 2.33. The average Bonchev–Trinajstić information content (AvgIpc) is 3.27. The van der Waals surface area contributed by atoms with Crippen molar-refractivity contribution in [3.05, 3.63) is 47.4 Å². The van der Waals surface area contributed by atoms with Crippen LogP contribution in [0.15, 0.2) is 30.5 Å². The van der Waals surface area contributed by atoms with Gasteiger partial charge in [0.25, 0.3) is 5.91 Å². The monoisotopic (exact) mass is 554 g/mol. The fraction of sp³-hybridized carbons (Fsp3) is 0.480. The molecule has 38 heavy (non-hydrogen) atoms. The van der Waals surface area contributed by atoms with E-state index in [1.54, 1.807) is 11.1 Å². The number of imidazole rings is 1. The minimum Gasteiger partial charge on any atom is -0.406 e. The van der Waals surface area contributed by atoms with E-state index in [9.17, 15) is 18.0 Å². The smallest absolute Gasteiger partial charge is 0.406 e. The lowest BCUT2D eigenvalue weighted by molar-refractivity contribution is -0.274. The maximum absolute atomic E-state index is 13.0. The zero-order chi connectivity index (χ0) is 26.4. The van der Waals surface area contributed by atoms with E-state index in [-0.39, 0.29) is 47.2 Å². The first-order valence-electron chi connectivity index (χ1n) is 12.2. The van der Waals surface area contributed by atoms with Gasteiger partial charge in [0.05, 0.1) is 16.7 Å². The zero-order valence-electron chi connectivity index (χ0n) is 21.0. The Balaban J connectivity index is 0.00000336. The van der Waals surface area contributed by atoms with Crippen molar-refractivity contribution < 1.29 is 27.4 Å². The molecule has 206 valence electrons. The highest BCUT2D eigenvalue weighted by molar-refractivity contribution is 5.99. The van der Waals surface area contributed by atoms with Crippen LogP contribution in [0.1, 0.15) is 60.5 Å². The number of alkyl halides is 3. The van der Waals surface area contributed by atoms with Gasteiger partial charge in [-0.1, -0.05) is 0 Å². The van der Waals surface area contributed by atoms with E-state index in [0.717, 1.165) is 35.6 Å². The van der Waals surface area contributed by atoms with E-state index < -0.39 is 12.1 Å². The molecule has 4 N–H and O–H groups in total. The van der Waals surface area contributed by atoms with E-state index >= 15 is 0 Å². The summed E-state index contributed by atoms with van der Waals surface area (Å²) in [6.45, 7) is 6.46. The summed E-state index contributed by atoms with van der Waals surface area (Å²) in [7, 11) is 0. The van der Waals surface area contributed by atoms with Gasteiger partial charge in [0.2, 0.25) is 0 Å². The number of nitrogen functional groups attached to an aromatic ring is 1. The van der Waals surface area contributed by atoms with E-state index in [2.05, 4.69) is 25.0 Å². The normalized spacial score (nSPS) is 20.2. The summed E-state index contributed by atoms with van der Waals surface area (Å²) in [5.41, 5.74) is 8.27. The van der Waals surface area contributed by atoms with Crippen LogP contribution in [0, 0.1) is 0 Å². The molecule has 0 bridgehead atoms. The number of nitrogens with one attached hydrogen (secondary N) is 2. The third-order valence-corrected chi connectivity index (χ3v) is 6.80.